The molecular formula is C11H15N5. The van der Waals surface area contributed by atoms with Crippen LogP contribution in [-0.2, 0) is 0 Å². The molecule has 2 aromatic rings. The van der Waals surface area contributed by atoms with E-state index in [2.05, 4.69) is 22.1 Å². The van der Waals surface area contributed by atoms with E-state index in [0.717, 1.165) is 23.1 Å². The summed E-state index contributed by atoms with van der Waals surface area (Å²) in [6.07, 6.45) is 7.89. The fourth-order valence-electron chi connectivity index (χ4n) is 1.73. The van der Waals surface area contributed by atoms with E-state index in [1.807, 2.05) is 19.3 Å². The molecule has 0 aliphatic rings. The van der Waals surface area contributed by atoms with E-state index in [1.165, 1.54) is 0 Å². The second-order valence-electron chi connectivity index (χ2n) is 3.89. The Labute approximate surface area is 94.0 Å². The van der Waals surface area contributed by atoms with Crippen LogP contribution in [0.25, 0.3) is 5.52 Å². The van der Waals surface area contributed by atoms with Gasteiger partial charge in [0.2, 0.25) is 0 Å². The lowest BCUT2D eigenvalue weighted by Crippen LogP contribution is -2.28. The zero-order valence-corrected chi connectivity index (χ0v) is 9.22. The minimum atomic E-state index is 0.0270. The summed E-state index contributed by atoms with van der Waals surface area (Å²) in [4.78, 5) is 4.09. The molecule has 0 aliphatic carbocycles. The maximum atomic E-state index is 5.55. The van der Waals surface area contributed by atoms with Crippen molar-refractivity contribution >= 4 is 5.52 Å². The number of aromatic nitrogens is 3. The van der Waals surface area contributed by atoms with E-state index in [0.29, 0.717) is 0 Å². The van der Waals surface area contributed by atoms with Crippen molar-refractivity contribution in [3.05, 3.63) is 42.5 Å². The molecule has 3 N–H and O–H groups in total. The Morgan fingerprint density at radius 3 is 3.12 bits per heavy atom. The van der Waals surface area contributed by atoms with Crippen LogP contribution >= 0.6 is 0 Å². The summed E-state index contributed by atoms with van der Waals surface area (Å²) in [6, 6.07) is 0.0270. The van der Waals surface area contributed by atoms with Crippen molar-refractivity contribution in [2.75, 3.05) is 0 Å². The molecule has 0 saturated carbocycles. The van der Waals surface area contributed by atoms with Crippen LogP contribution in [0.2, 0.25) is 0 Å². The molecule has 5 nitrogen and oxygen atoms in total. The molecule has 0 amide bonds. The van der Waals surface area contributed by atoms with E-state index >= 15 is 0 Å². The molecule has 0 bridgehead atoms. The molecule has 0 fully saturated rings. The Kier molecular flexibility index (Phi) is 2.98. The second-order valence-corrected chi connectivity index (χ2v) is 3.89. The molecule has 1 unspecified atom stereocenters. The van der Waals surface area contributed by atoms with Gasteiger partial charge in [-0.25, -0.2) is 4.52 Å². The predicted octanol–water partition coefficient (Wildman–Crippen LogP) is 1.20. The van der Waals surface area contributed by atoms with Crippen molar-refractivity contribution in [3.63, 3.8) is 0 Å². The summed E-state index contributed by atoms with van der Waals surface area (Å²) in [7, 11) is 0. The lowest BCUT2D eigenvalue weighted by Gasteiger charge is -2.14. The van der Waals surface area contributed by atoms with Gasteiger partial charge in [-0.2, -0.15) is 5.10 Å². The van der Waals surface area contributed by atoms with Crippen LogP contribution in [0.3, 0.4) is 0 Å². The minimum Gasteiger partial charge on any atom is -0.271 e. The van der Waals surface area contributed by atoms with Crippen LogP contribution in [0.5, 0.6) is 0 Å². The van der Waals surface area contributed by atoms with Gasteiger partial charge < -0.3 is 0 Å². The number of hydrogen-bond acceptors (Lipinski definition) is 4. The van der Waals surface area contributed by atoms with Crippen molar-refractivity contribution in [1.29, 1.82) is 0 Å². The molecule has 2 heterocycles. The third-order valence-electron chi connectivity index (χ3n) is 2.48. The Hall–Kier alpha value is -1.72. The van der Waals surface area contributed by atoms with Crippen LogP contribution in [0.15, 0.2) is 36.9 Å². The second kappa shape index (κ2) is 4.42. The Bertz CT molecular complexity index is 502. The first-order valence-electron chi connectivity index (χ1n) is 5.10. The SMILES string of the molecule is C=C(C)CC(NN)c1cnn2ccncc12. The van der Waals surface area contributed by atoms with E-state index < -0.39 is 0 Å². The van der Waals surface area contributed by atoms with Gasteiger partial charge in [-0.1, -0.05) is 5.57 Å². The van der Waals surface area contributed by atoms with Gasteiger partial charge in [0, 0.05) is 18.0 Å². The molecule has 2 aromatic heterocycles. The summed E-state index contributed by atoms with van der Waals surface area (Å²) in [5, 5.41) is 4.25. The van der Waals surface area contributed by atoms with Crippen molar-refractivity contribution in [1.82, 2.24) is 20.0 Å². The highest BCUT2D eigenvalue weighted by molar-refractivity contribution is 5.53. The quantitative estimate of drug-likeness (QED) is 0.459. The van der Waals surface area contributed by atoms with Crippen LogP contribution in [0, 0.1) is 0 Å². The monoisotopic (exact) mass is 217 g/mol. The molecule has 0 radical (unpaired) electrons. The summed E-state index contributed by atoms with van der Waals surface area (Å²) >= 11 is 0. The Morgan fingerprint density at radius 1 is 1.62 bits per heavy atom. The number of hydrogen-bond donors (Lipinski definition) is 2. The van der Waals surface area contributed by atoms with Gasteiger partial charge in [-0.05, 0) is 13.3 Å². The maximum Gasteiger partial charge on any atom is 0.0893 e. The summed E-state index contributed by atoms with van der Waals surface area (Å²) in [6.45, 7) is 5.87. The van der Waals surface area contributed by atoms with Gasteiger partial charge in [0.05, 0.1) is 24.0 Å². The number of hydrazine groups is 1. The summed E-state index contributed by atoms with van der Waals surface area (Å²) < 4.78 is 1.78. The molecule has 0 aromatic carbocycles. The first-order valence-corrected chi connectivity index (χ1v) is 5.10. The molecule has 0 saturated heterocycles. The van der Waals surface area contributed by atoms with Crippen molar-refractivity contribution in [3.8, 4) is 0 Å². The smallest absolute Gasteiger partial charge is 0.0893 e. The first kappa shape index (κ1) is 10.8. The van der Waals surface area contributed by atoms with Gasteiger partial charge in [-0.3, -0.25) is 16.3 Å². The minimum absolute atomic E-state index is 0.0270. The number of nitrogens with zero attached hydrogens (tertiary/aromatic N) is 3. The normalized spacial score (nSPS) is 12.9. The molecular weight excluding hydrogens is 202 g/mol. The summed E-state index contributed by atoms with van der Waals surface area (Å²) in [5.41, 5.74) is 5.87. The van der Waals surface area contributed by atoms with Crippen LogP contribution in [0.1, 0.15) is 24.9 Å². The van der Waals surface area contributed by atoms with Crippen molar-refractivity contribution in [2.24, 2.45) is 5.84 Å². The topological polar surface area (TPSA) is 68.2 Å². The highest BCUT2D eigenvalue weighted by Crippen LogP contribution is 2.22. The highest BCUT2D eigenvalue weighted by Gasteiger charge is 2.14. The number of rotatable bonds is 4. The lowest BCUT2D eigenvalue weighted by molar-refractivity contribution is 0.553. The summed E-state index contributed by atoms with van der Waals surface area (Å²) in [5.74, 6) is 5.55. The maximum absolute atomic E-state index is 5.55. The van der Waals surface area contributed by atoms with Crippen molar-refractivity contribution < 1.29 is 0 Å². The zero-order chi connectivity index (χ0) is 11.5. The number of nitrogens with two attached hydrogens (primary N) is 1. The van der Waals surface area contributed by atoms with Gasteiger partial charge >= 0.3 is 0 Å². The Morgan fingerprint density at radius 2 is 2.44 bits per heavy atom. The van der Waals surface area contributed by atoms with Gasteiger partial charge in [-0.15, -0.1) is 6.58 Å². The molecule has 0 aliphatic heterocycles. The van der Waals surface area contributed by atoms with Gasteiger partial charge in [0.1, 0.15) is 0 Å². The fraction of sp³-hybridized carbons (Fsp3) is 0.273. The van der Waals surface area contributed by atoms with Crippen LogP contribution in [0.4, 0.5) is 0 Å². The van der Waals surface area contributed by atoms with E-state index in [4.69, 9.17) is 5.84 Å². The molecule has 5 heteroatoms. The average Bonchev–Trinajstić information content (AvgIpc) is 2.69. The van der Waals surface area contributed by atoms with Gasteiger partial charge in [0.15, 0.2) is 0 Å². The van der Waals surface area contributed by atoms with Crippen LogP contribution in [-0.4, -0.2) is 14.6 Å². The third-order valence-corrected chi connectivity index (χ3v) is 2.48. The Balaban J connectivity index is 2.41. The molecule has 84 valence electrons. The molecule has 2 rings (SSSR count). The number of nitrogens with one attached hydrogen (secondary N) is 1. The molecule has 1 atom stereocenters. The van der Waals surface area contributed by atoms with E-state index in [1.54, 1.807) is 16.9 Å². The highest BCUT2D eigenvalue weighted by atomic mass is 15.3. The first-order chi connectivity index (χ1) is 7.72. The van der Waals surface area contributed by atoms with Gasteiger partial charge in [0.25, 0.3) is 0 Å². The predicted molar refractivity (Wildman–Crippen MR) is 62.5 cm³/mol. The zero-order valence-electron chi connectivity index (χ0n) is 9.22. The standard InChI is InChI=1S/C11H15N5/c1-8(2)5-10(15-12)9-6-14-16-4-3-13-7-11(9)16/h3-4,6-7,10,15H,1,5,12H2,2H3. The van der Waals surface area contributed by atoms with Crippen molar-refractivity contribution in [2.45, 2.75) is 19.4 Å². The molecule has 16 heavy (non-hydrogen) atoms. The van der Waals surface area contributed by atoms with Crippen LogP contribution < -0.4 is 11.3 Å². The lowest BCUT2D eigenvalue weighted by atomic mass is 10.0. The third kappa shape index (κ3) is 1.95. The largest absolute Gasteiger partial charge is 0.271 e. The fourth-order valence-corrected chi connectivity index (χ4v) is 1.73. The van der Waals surface area contributed by atoms with E-state index in [9.17, 15) is 0 Å². The number of fused-ring (bicyclic) bond motifs is 1. The van der Waals surface area contributed by atoms with E-state index in [-0.39, 0.29) is 6.04 Å². The molecule has 0 spiro atoms. The average molecular weight is 217 g/mol.